The quantitative estimate of drug-likeness (QED) is 0.175. The van der Waals surface area contributed by atoms with Crippen LogP contribution in [0, 0.1) is 27.7 Å². The van der Waals surface area contributed by atoms with E-state index in [1.165, 1.54) is 99.9 Å². The Balaban J connectivity index is 1.38. The van der Waals surface area contributed by atoms with Crippen LogP contribution in [0.2, 0.25) is 0 Å². The second kappa shape index (κ2) is 12.2. The van der Waals surface area contributed by atoms with Gasteiger partial charge in [0.1, 0.15) is 0 Å². The number of para-hydroxylation sites is 2. The van der Waals surface area contributed by atoms with Gasteiger partial charge in [-0.3, -0.25) is 0 Å². The maximum atomic E-state index is 2.54. The highest BCUT2D eigenvalue weighted by molar-refractivity contribution is 6.23. The predicted molar refractivity (Wildman–Crippen MR) is 215 cm³/mol. The first-order valence-electron chi connectivity index (χ1n) is 18.3. The van der Waals surface area contributed by atoms with Crippen LogP contribution in [0.3, 0.4) is 0 Å². The third-order valence-corrected chi connectivity index (χ3v) is 11.2. The van der Waals surface area contributed by atoms with Gasteiger partial charge in [0.2, 0.25) is 0 Å². The third kappa shape index (κ3) is 5.09. The highest BCUT2D eigenvalue weighted by Gasteiger charge is 2.24. The molecule has 2 heteroatoms. The zero-order valence-electron chi connectivity index (χ0n) is 29.7. The van der Waals surface area contributed by atoms with Crippen LogP contribution in [-0.4, -0.2) is 13.1 Å². The standard InChI is InChI=1S/C48H44N2/c1-31-17-21-39(33(3)27-31)47-41-23-19-38(50-26-10-14-36-12-6-8-16-46(36)50)30-44(41)48(40-22-18-32(2)28-34(40)4)42-24-20-37(29-43(42)47)49-25-9-13-35-11-5-7-15-45(35)49/h5-8,11-12,15-24,27-30H,9-10,13-14,25-26H2,1-4H3. The van der Waals surface area contributed by atoms with Crippen molar-refractivity contribution in [3.8, 4) is 22.3 Å². The van der Waals surface area contributed by atoms with E-state index in [2.05, 4.69) is 159 Å². The first-order chi connectivity index (χ1) is 24.4. The molecule has 2 nitrogen and oxygen atoms in total. The molecule has 246 valence electrons. The molecule has 2 aliphatic heterocycles. The van der Waals surface area contributed by atoms with E-state index in [4.69, 9.17) is 0 Å². The van der Waals surface area contributed by atoms with E-state index < -0.39 is 0 Å². The van der Waals surface area contributed by atoms with Crippen LogP contribution in [0.5, 0.6) is 0 Å². The molecule has 0 aliphatic carbocycles. The first-order valence-corrected chi connectivity index (χ1v) is 18.3. The van der Waals surface area contributed by atoms with Gasteiger partial charge >= 0.3 is 0 Å². The summed E-state index contributed by atoms with van der Waals surface area (Å²) in [6.45, 7) is 11.0. The summed E-state index contributed by atoms with van der Waals surface area (Å²) in [5.41, 5.74) is 18.6. The Morgan fingerprint density at radius 3 is 1.30 bits per heavy atom. The first kappa shape index (κ1) is 30.7. The lowest BCUT2D eigenvalue weighted by Crippen LogP contribution is -2.24. The van der Waals surface area contributed by atoms with Crippen molar-refractivity contribution in [3.05, 3.63) is 155 Å². The number of aryl methyl sites for hydroxylation is 6. The minimum Gasteiger partial charge on any atom is -0.341 e. The Labute approximate surface area is 296 Å². The molecule has 0 atom stereocenters. The maximum absolute atomic E-state index is 2.54. The average molecular weight is 649 g/mol. The van der Waals surface area contributed by atoms with E-state index in [0.717, 1.165) is 38.8 Å². The molecule has 0 bridgehead atoms. The molecule has 0 radical (unpaired) electrons. The monoisotopic (exact) mass is 648 g/mol. The van der Waals surface area contributed by atoms with Gasteiger partial charge in [-0.1, -0.05) is 96.1 Å². The molecule has 0 amide bonds. The van der Waals surface area contributed by atoms with Gasteiger partial charge in [0, 0.05) is 35.8 Å². The summed E-state index contributed by atoms with van der Waals surface area (Å²) in [6.07, 6.45) is 4.60. The zero-order chi connectivity index (χ0) is 33.9. The van der Waals surface area contributed by atoms with E-state index in [1.807, 2.05) is 0 Å². The summed E-state index contributed by atoms with van der Waals surface area (Å²) in [5.74, 6) is 0. The molecule has 0 spiro atoms. The number of rotatable bonds is 4. The van der Waals surface area contributed by atoms with Gasteiger partial charge in [-0.25, -0.2) is 0 Å². The minimum absolute atomic E-state index is 1.03. The summed E-state index contributed by atoms with van der Waals surface area (Å²) in [4.78, 5) is 5.09. The van der Waals surface area contributed by atoms with Crippen LogP contribution in [0.4, 0.5) is 22.7 Å². The molecular formula is C48H44N2. The Morgan fingerprint density at radius 2 is 0.860 bits per heavy atom. The molecular weight excluding hydrogens is 605 g/mol. The van der Waals surface area contributed by atoms with Crippen LogP contribution in [-0.2, 0) is 12.8 Å². The summed E-state index contributed by atoms with van der Waals surface area (Å²) >= 11 is 0. The fraction of sp³-hybridized carbons (Fsp3) is 0.208. The molecule has 7 aromatic rings. The van der Waals surface area contributed by atoms with Crippen molar-refractivity contribution in [2.24, 2.45) is 0 Å². The predicted octanol–water partition coefficient (Wildman–Crippen LogP) is 12.7. The molecule has 0 fully saturated rings. The minimum atomic E-state index is 1.03. The second-order valence-corrected chi connectivity index (χ2v) is 14.6. The van der Waals surface area contributed by atoms with Crippen molar-refractivity contribution in [2.75, 3.05) is 22.9 Å². The van der Waals surface area contributed by atoms with E-state index in [-0.39, 0.29) is 0 Å². The molecule has 50 heavy (non-hydrogen) atoms. The van der Waals surface area contributed by atoms with E-state index in [0.29, 0.717) is 0 Å². The number of hydrogen-bond acceptors (Lipinski definition) is 2. The number of hydrogen-bond donors (Lipinski definition) is 0. The third-order valence-electron chi connectivity index (χ3n) is 11.2. The largest absolute Gasteiger partial charge is 0.341 e. The number of benzene rings is 7. The Hall–Kier alpha value is -5.34. The van der Waals surface area contributed by atoms with Crippen LogP contribution < -0.4 is 9.80 Å². The van der Waals surface area contributed by atoms with Gasteiger partial charge in [0.25, 0.3) is 0 Å². The van der Waals surface area contributed by atoms with Crippen molar-refractivity contribution in [3.63, 3.8) is 0 Å². The number of nitrogens with zero attached hydrogens (tertiary/aromatic N) is 2. The lowest BCUT2D eigenvalue weighted by molar-refractivity contribution is 0.767. The molecule has 0 N–H and O–H groups in total. The van der Waals surface area contributed by atoms with E-state index in [1.54, 1.807) is 0 Å². The van der Waals surface area contributed by atoms with Crippen LogP contribution in [0.1, 0.15) is 46.2 Å². The molecule has 2 aliphatic rings. The summed E-state index contributed by atoms with van der Waals surface area (Å²) < 4.78 is 0. The Kier molecular flexibility index (Phi) is 7.50. The van der Waals surface area contributed by atoms with Gasteiger partial charge < -0.3 is 9.80 Å². The lowest BCUT2D eigenvalue weighted by atomic mass is 9.83. The molecule has 2 heterocycles. The van der Waals surface area contributed by atoms with Gasteiger partial charge in [-0.05, 0) is 156 Å². The molecule has 0 saturated heterocycles. The molecule has 9 rings (SSSR count). The van der Waals surface area contributed by atoms with E-state index >= 15 is 0 Å². The normalized spacial score (nSPS) is 14.2. The van der Waals surface area contributed by atoms with E-state index in [9.17, 15) is 0 Å². The summed E-state index contributed by atoms with van der Waals surface area (Å²) in [6, 6.07) is 46.5. The fourth-order valence-corrected chi connectivity index (χ4v) is 8.91. The summed E-state index contributed by atoms with van der Waals surface area (Å²) in [5, 5.41) is 5.25. The van der Waals surface area contributed by atoms with Crippen LogP contribution in [0.15, 0.2) is 121 Å². The van der Waals surface area contributed by atoms with Gasteiger partial charge in [0.05, 0.1) is 0 Å². The van der Waals surface area contributed by atoms with Crippen LogP contribution >= 0.6 is 0 Å². The van der Waals surface area contributed by atoms with Gasteiger partial charge in [0.15, 0.2) is 0 Å². The van der Waals surface area contributed by atoms with Gasteiger partial charge in [-0.15, -0.1) is 0 Å². The number of anilines is 4. The molecule has 0 unspecified atom stereocenters. The SMILES string of the molecule is Cc1ccc(-c2c3ccc(N4CCCc5ccccc54)cc3c(-c3ccc(C)cc3C)c3ccc(N4CCCc5ccccc54)cc23)c(C)c1. The Bertz CT molecular complexity index is 2280. The maximum Gasteiger partial charge on any atom is 0.0443 e. The fourth-order valence-electron chi connectivity index (χ4n) is 8.91. The highest BCUT2D eigenvalue weighted by atomic mass is 15.1. The van der Waals surface area contributed by atoms with Crippen molar-refractivity contribution < 1.29 is 0 Å². The molecule has 7 aromatic carbocycles. The average Bonchev–Trinajstić information content (AvgIpc) is 3.14. The number of fused-ring (bicyclic) bond motifs is 4. The lowest BCUT2D eigenvalue weighted by Gasteiger charge is -2.32. The van der Waals surface area contributed by atoms with Crippen LogP contribution in [0.25, 0.3) is 43.8 Å². The zero-order valence-corrected chi connectivity index (χ0v) is 29.7. The molecule has 0 aromatic heterocycles. The summed E-state index contributed by atoms with van der Waals surface area (Å²) in [7, 11) is 0. The van der Waals surface area contributed by atoms with Crippen molar-refractivity contribution in [1.29, 1.82) is 0 Å². The topological polar surface area (TPSA) is 6.48 Å². The highest BCUT2D eigenvalue weighted by Crippen LogP contribution is 2.48. The molecule has 0 saturated carbocycles. The van der Waals surface area contributed by atoms with Gasteiger partial charge in [-0.2, -0.15) is 0 Å². The smallest absolute Gasteiger partial charge is 0.0443 e. The Morgan fingerprint density at radius 1 is 0.420 bits per heavy atom. The van der Waals surface area contributed by atoms with Crippen molar-refractivity contribution in [1.82, 2.24) is 0 Å². The van der Waals surface area contributed by atoms with Crippen molar-refractivity contribution >= 4 is 44.3 Å². The van der Waals surface area contributed by atoms with Crippen molar-refractivity contribution in [2.45, 2.75) is 53.4 Å². The second-order valence-electron chi connectivity index (χ2n) is 14.6.